The second-order valence-electron chi connectivity index (χ2n) is 4.28. The standard InChI is InChI=1S/C11H25NOS/c1-6-11(12-5)10(4)14(13)8-7-9(2)3/h9-12H,6-8H2,1-5H3. The predicted molar refractivity (Wildman–Crippen MR) is 65.1 cm³/mol. The highest BCUT2D eigenvalue weighted by atomic mass is 32.2. The van der Waals surface area contributed by atoms with E-state index < -0.39 is 10.8 Å². The molecule has 0 fully saturated rings. The number of hydrogen-bond acceptors (Lipinski definition) is 2. The van der Waals surface area contributed by atoms with Gasteiger partial charge in [-0.1, -0.05) is 20.8 Å². The first-order valence-electron chi connectivity index (χ1n) is 5.57. The van der Waals surface area contributed by atoms with E-state index in [1.54, 1.807) is 0 Å². The summed E-state index contributed by atoms with van der Waals surface area (Å²) in [6.07, 6.45) is 2.11. The minimum Gasteiger partial charge on any atom is -0.316 e. The Hall–Kier alpha value is 0.110. The highest BCUT2D eigenvalue weighted by molar-refractivity contribution is 7.85. The summed E-state index contributed by atoms with van der Waals surface area (Å²) in [6, 6.07) is 0.392. The molecule has 0 aliphatic heterocycles. The third kappa shape index (κ3) is 5.11. The van der Waals surface area contributed by atoms with Crippen molar-refractivity contribution in [2.24, 2.45) is 5.92 Å². The van der Waals surface area contributed by atoms with Crippen LogP contribution < -0.4 is 5.32 Å². The zero-order valence-electron chi connectivity index (χ0n) is 10.2. The SMILES string of the molecule is CCC(NC)C(C)S(=O)CCC(C)C. The van der Waals surface area contributed by atoms with Gasteiger partial charge in [0.25, 0.3) is 0 Å². The molecule has 0 heterocycles. The van der Waals surface area contributed by atoms with Gasteiger partial charge in [0.2, 0.25) is 0 Å². The average molecular weight is 219 g/mol. The minimum absolute atomic E-state index is 0.267. The molecule has 0 aliphatic carbocycles. The fourth-order valence-electron chi connectivity index (χ4n) is 1.49. The lowest BCUT2D eigenvalue weighted by Crippen LogP contribution is -2.38. The molecule has 14 heavy (non-hydrogen) atoms. The Bertz CT molecular complexity index is 167. The zero-order valence-corrected chi connectivity index (χ0v) is 11.0. The second kappa shape index (κ2) is 7.41. The van der Waals surface area contributed by atoms with Crippen molar-refractivity contribution in [1.29, 1.82) is 0 Å². The lowest BCUT2D eigenvalue weighted by molar-refractivity contribution is 0.526. The van der Waals surface area contributed by atoms with Crippen LogP contribution in [0.3, 0.4) is 0 Å². The number of hydrogen-bond donors (Lipinski definition) is 1. The molecule has 0 aliphatic rings. The molecule has 3 unspecified atom stereocenters. The van der Waals surface area contributed by atoms with Gasteiger partial charge in [-0.15, -0.1) is 0 Å². The summed E-state index contributed by atoms with van der Waals surface area (Å²) in [5, 5.41) is 3.49. The van der Waals surface area contributed by atoms with Gasteiger partial charge in [0.15, 0.2) is 0 Å². The second-order valence-corrected chi connectivity index (χ2v) is 6.19. The third-order valence-electron chi connectivity index (χ3n) is 2.69. The summed E-state index contributed by atoms with van der Waals surface area (Å²) in [4.78, 5) is 0. The van der Waals surface area contributed by atoms with E-state index in [2.05, 4.69) is 33.0 Å². The molecule has 0 aromatic carbocycles. The van der Waals surface area contributed by atoms with Crippen LogP contribution in [0.1, 0.15) is 40.5 Å². The summed E-state index contributed by atoms with van der Waals surface area (Å²) >= 11 is 0. The van der Waals surface area contributed by atoms with Crippen LogP contribution in [0, 0.1) is 5.92 Å². The minimum atomic E-state index is -0.678. The molecule has 3 heteroatoms. The van der Waals surface area contributed by atoms with Crippen molar-refractivity contribution in [3.63, 3.8) is 0 Å². The Morgan fingerprint density at radius 2 is 1.86 bits per heavy atom. The Morgan fingerprint density at radius 3 is 2.21 bits per heavy atom. The fraction of sp³-hybridized carbons (Fsp3) is 1.00. The van der Waals surface area contributed by atoms with Crippen molar-refractivity contribution < 1.29 is 4.21 Å². The van der Waals surface area contributed by atoms with Gasteiger partial charge in [0, 0.05) is 27.8 Å². The molecule has 0 saturated heterocycles. The third-order valence-corrected chi connectivity index (χ3v) is 4.48. The van der Waals surface area contributed by atoms with Crippen LogP contribution in [0.2, 0.25) is 0 Å². The van der Waals surface area contributed by atoms with Gasteiger partial charge in [0.1, 0.15) is 0 Å². The van der Waals surface area contributed by atoms with E-state index in [4.69, 9.17) is 0 Å². The summed E-state index contributed by atoms with van der Waals surface area (Å²) in [5.41, 5.74) is 0. The maximum Gasteiger partial charge on any atom is 0.0472 e. The average Bonchev–Trinajstić information content (AvgIpc) is 2.15. The molecule has 0 saturated carbocycles. The van der Waals surface area contributed by atoms with Crippen LogP contribution in [0.25, 0.3) is 0 Å². The van der Waals surface area contributed by atoms with E-state index >= 15 is 0 Å². The topological polar surface area (TPSA) is 29.1 Å². The molecule has 1 N–H and O–H groups in total. The maximum absolute atomic E-state index is 11.9. The quantitative estimate of drug-likeness (QED) is 0.711. The van der Waals surface area contributed by atoms with Crippen molar-refractivity contribution in [2.45, 2.75) is 51.8 Å². The van der Waals surface area contributed by atoms with Gasteiger partial charge < -0.3 is 5.32 Å². The molecule has 0 rings (SSSR count). The van der Waals surface area contributed by atoms with E-state index in [1.807, 2.05) is 7.05 Å². The Kier molecular flexibility index (Phi) is 7.47. The van der Waals surface area contributed by atoms with Gasteiger partial charge in [-0.25, -0.2) is 0 Å². The lowest BCUT2D eigenvalue weighted by Gasteiger charge is -2.21. The van der Waals surface area contributed by atoms with Gasteiger partial charge in [-0.3, -0.25) is 4.21 Å². The van der Waals surface area contributed by atoms with E-state index in [0.717, 1.165) is 18.6 Å². The van der Waals surface area contributed by atoms with Gasteiger partial charge >= 0.3 is 0 Å². The highest BCUT2D eigenvalue weighted by Crippen LogP contribution is 2.09. The molecule has 0 amide bonds. The van der Waals surface area contributed by atoms with Crippen LogP contribution in [0.15, 0.2) is 0 Å². The van der Waals surface area contributed by atoms with Gasteiger partial charge in [-0.2, -0.15) is 0 Å². The van der Waals surface area contributed by atoms with Crippen molar-refractivity contribution in [2.75, 3.05) is 12.8 Å². The lowest BCUT2D eigenvalue weighted by atomic mass is 10.2. The van der Waals surface area contributed by atoms with Crippen LogP contribution in [-0.2, 0) is 10.8 Å². The molecule has 86 valence electrons. The summed E-state index contributed by atoms with van der Waals surface area (Å²) in [6.45, 7) is 8.58. The van der Waals surface area contributed by atoms with Crippen molar-refractivity contribution >= 4 is 10.8 Å². The summed E-state index contributed by atoms with van der Waals surface area (Å²) in [7, 11) is 1.27. The number of nitrogens with one attached hydrogen (secondary N) is 1. The predicted octanol–water partition coefficient (Wildman–Crippen LogP) is 2.17. The number of rotatable bonds is 7. The largest absolute Gasteiger partial charge is 0.316 e. The summed E-state index contributed by atoms with van der Waals surface area (Å²) < 4.78 is 11.9. The zero-order chi connectivity index (χ0) is 11.1. The molecular weight excluding hydrogens is 194 g/mol. The molecule has 0 bridgehead atoms. The molecule has 0 aromatic rings. The first kappa shape index (κ1) is 14.1. The van der Waals surface area contributed by atoms with Crippen LogP contribution >= 0.6 is 0 Å². The van der Waals surface area contributed by atoms with Gasteiger partial charge in [0.05, 0.1) is 0 Å². The first-order valence-corrected chi connectivity index (χ1v) is 6.95. The van der Waals surface area contributed by atoms with Crippen molar-refractivity contribution in [3.8, 4) is 0 Å². The van der Waals surface area contributed by atoms with E-state index in [9.17, 15) is 4.21 Å². The Morgan fingerprint density at radius 1 is 1.29 bits per heavy atom. The molecule has 0 radical (unpaired) electrons. The van der Waals surface area contributed by atoms with Crippen molar-refractivity contribution in [3.05, 3.63) is 0 Å². The fourth-order valence-corrected chi connectivity index (χ4v) is 3.26. The molecule has 2 nitrogen and oxygen atoms in total. The Labute approximate surface area is 91.3 Å². The van der Waals surface area contributed by atoms with Crippen LogP contribution in [-0.4, -0.2) is 28.3 Å². The maximum atomic E-state index is 11.9. The monoisotopic (exact) mass is 219 g/mol. The summed E-state index contributed by atoms with van der Waals surface area (Å²) in [5.74, 6) is 1.50. The Balaban J connectivity index is 3.97. The highest BCUT2D eigenvalue weighted by Gasteiger charge is 2.19. The van der Waals surface area contributed by atoms with Crippen LogP contribution in [0.5, 0.6) is 0 Å². The van der Waals surface area contributed by atoms with Crippen molar-refractivity contribution in [1.82, 2.24) is 5.32 Å². The smallest absolute Gasteiger partial charge is 0.0472 e. The van der Waals surface area contributed by atoms with Gasteiger partial charge in [-0.05, 0) is 32.7 Å². The molecule has 0 spiro atoms. The molecular formula is C11H25NOS. The van der Waals surface area contributed by atoms with E-state index in [1.165, 1.54) is 0 Å². The van der Waals surface area contributed by atoms with Crippen LogP contribution in [0.4, 0.5) is 0 Å². The van der Waals surface area contributed by atoms with E-state index in [-0.39, 0.29) is 5.25 Å². The first-order chi connectivity index (χ1) is 6.52. The molecule has 3 atom stereocenters. The normalized spacial score (nSPS) is 18.1. The molecule has 0 aromatic heterocycles. The van der Waals surface area contributed by atoms with E-state index in [0.29, 0.717) is 12.0 Å².